The third-order valence-electron chi connectivity index (χ3n) is 7.50. The molecular formula is C20H34O. The van der Waals surface area contributed by atoms with Crippen molar-refractivity contribution >= 4 is 0 Å². The van der Waals surface area contributed by atoms with Crippen LogP contribution in [0.4, 0.5) is 0 Å². The van der Waals surface area contributed by atoms with E-state index in [-0.39, 0.29) is 5.41 Å². The monoisotopic (exact) mass is 290 g/mol. The number of allylic oxidation sites excluding steroid dienone is 2. The smallest absolute Gasteiger partial charge is 0.0487 e. The first kappa shape index (κ1) is 15.6. The van der Waals surface area contributed by atoms with Crippen LogP contribution < -0.4 is 0 Å². The van der Waals surface area contributed by atoms with E-state index in [2.05, 4.69) is 33.8 Å². The molecule has 0 amide bonds. The molecule has 2 fully saturated rings. The van der Waals surface area contributed by atoms with Crippen molar-refractivity contribution in [2.75, 3.05) is 6.61 Å². The summed E-state index contributed by atoms with van der Waals surface area (Å²) in [5.41, 5.74) is 2.40. The van der Waals surface area contributed by atoms with Gasteiger partial charge in [0.05, 0.1) is 0 Å². The lowest BCUT2D eigenvalue weighted by Crippen LogP contribution is -2.52. The van der Waals surface area contributed by atoms with E-state index in [0.717, 1.165) is 23.7 Å². The fourth-order valence-electron chi connectivity index (χ4n) is 6.17. The van der Waals surface area contributed by atoms with E-state index in [1.54, 1.807) is 5.57 Å². The quantitative estimate of drug-likeness (QED) is 0.694. The van der Waals surface area contributed by atoms with Gasteiger partial charge < -0.3 is 5.11 Å². The second-order valence-corrected chi connectivity index (χ2v) is 9.04. The van der Waals surface area contributed by atoms with Crippen molar-refractivity contribution in [1.29, 1.82) is 0 Å². The third-order valence-corrected chi connectivity index (χ3v) is 7.50. The summed E-state index contributed by atoms with van der Waals surface area (Å²) in [5, 5.41) is 10.00. The Kier molecular flexibility index (Phi) is 4.01. The van der Waals surface area contributed by atoms with E-state index in [4.69, 9.17) is 0 Å². The van der Waals surface area contributed by atoms with Crippen molar-refractivity contribution < 1.29 is 5.11 Å². The van der Waals surface area contributed by atoms with E-state index in [1.807, 2.05) is 0 Å². The van der Waals surface area contributed by atoms with Gasteiger partial charge in [-0.15, -0.1) is 0 Å². The van der Waals surface area contributed by atoms with Crippen LogP contribution in [0.2, 0.25) is 0 Å². The Morgan fingerprint density at radius 2 is 1.95 bits per heavy atom. The number of rotatable bonds is 2. The van der Waals surface area contributed by atoms with Crippen LogP contribution in [0.3, 0.4) is 0 Å². The maximum Gasteiger partial charge on any atom is 0.0487 e. The van der Waals surface area contributed by atoms with Crippen LogP contribution in [0.1, 0.15) is 72.6 Å². The highest BCUT2D eigenvalue weighted by molar-refractivity contribution is 5.22. The molecule has 3 rings (SSSR count). The zero-order chi connectivity index (χ0) is 15.3. The van der Waals surface area contributed by atoms with Crippen molar-refractivity contribution in [2.24, 2.45) is 34.5 Å². The molecule has 0 saturated heterocycles. The molecule has 1 N–H and O–H groups in total. The fourth-order valence-corrected chi connectivity index (χ4v) is 6.17. The molecule has 3 aliphatic rings. The fraction of sp³-hybridized carbons (Fsp3) is 0.900. The Hall–Kier alpha value is -0.300. The van der Waals surface area contributed by atoms with Gasteiger partial charge in [0.1, 0.15) is 0 Å². The molecule has 0 radical (unpaired) electrons. The van der Waals surface area contributed by atoms with Gasteiger partial charge in [-0.2, -0.15) is 0 Å². The molecule has 2 saturated carbocycles. The summed E-state index contributed by atoms with van der Waals surface area (Å²) >= 11 is 0. The van der Waals surface area contributed by atoms with Gasteiger partial charge in [-0.05, 0) is 73.0 Å². The molecule has 0 bridgehead atoms. The van der Waals surface area contributed by atoms with Crippen LogP contribution in [0.15, 0.2) is 11.6 Å². The lowest BCUT2D eigenvalue weighted by atomic mass is 9.45. The van der Waals surface area contributed by atoms with Crippen molar-refractivity contribution in [2.45, 2.75) is 72.6 Å². The average Bonchev–Trinajstić information content (AvgIpc) is 2.46. The lowest BCUT2D eigenvalue weighted by Gasteiger charge is -2.59. The molecule has 21 heavy (non-hydrogen) atoms. The summed E-state index contributed by atoms with van der Waals surface area (Å²) in [6.45, 7) is 10.0. The highest BCUT2D eigenvalue weighted by Crippen LogP contribution is 2.63. The summed E-state index contributed by atoms with van der Waals surface area (Å²) in [4.78, 5) is 0. The maximum absolute atomic E-state index is 10.00. The predicted molar refractivity (Wildman–Crippen MR) is 89.0 cm³/mol. The molecule has 0 aromatic heterocycles. The average molecular weight is 290 g/mol. The summed E-state index contributed by atoms with van der Waals surface area (Å²) in [6, 6.07) is 0. The van der Waals surface area contributed by atoms with Crippen molar-refractivity contribution in [1.82, 2.24) is 0 Å². The zero-order valence-electron chi connectivity index (χ0n) is 14.5. The third kappa shape index (κ3) is 2.40. The zero-order valence-corrected chi connectivity index (χ0v) is 14.5. The van der Waals surface area contributed by atoms with Crippen molar-refractivity contribution in [3.05, 3.63) is 11.6 Å². The van der Waals surface area contributed by atoms with Gasteiger partial charge in [0, 0.05) is 6.61 Å². The molecule has 0 aromatic rings. The Morgan fingerprint density at radius 3 is 2.62 bits per heavy atom. The first-order chi connectivity index (χ1) is 9.90. The van der Waals surface area contributed by atoms with Crippen LogP contribution in [0.25, 0.3) is 0 Å². The van der Waals surface area contributed by atoms with E-state index in [1.165, 1.54) is 44.9 Å². The van der Waals surface area contributed by atoms with Gasteiger partial charge in [-0.3, -0.25) is 0 Å². The standard InChI is InChI=1S/C20H34O/c1-14(2)15-6-8-17-16(12-15)7-9-18-19(3,13-21)10-5-11-20(17,18)4/h12,14-15,17-18,21H,5-11,13H2,1-4H3. The second-order valence-electron chi connectivity index (χ2n) is 9.04. The maximum atomic E-state index is 10.00. The van der Waals surface area contributed by atoms with Crippen LogP contribution in [-0.4, -0.2) is 11.7 Å². The minimum absolute atomic E-state index is 0.174. The first-order valence-corrected chi connectivity index (χ1v) is 9.22. The van der Waals surface area contributed by atoms with Crippen molar-refractivity contribution in [3.63, 3.8) is 0 Å². The van der Waals surface area contributed by atoms with Crippen LogP contribution >= 0.6 is 0 Å². The Balaban J connectivity index is 1.91. The number of fused-ring (bicyclic) bond motifs is 3. The molecule has 1 nitrogen and oxygen atoms in total. The Morgan fingerprint density at radius 1 is 1.19 bits per heavy atom. The normalized spacial score (nSPS) is 46.8. The minimum Gasteiger partial charge on any atom is -0.396 e. The molecule has 0 heterocycles. The first-order valence-electron chi connectivity index (χ1n) is 9.22. The van der Waals surface area contributed by atoms with Crippen LogP contribution in [-0.2, 0) is 0 Å². The second kappa shape index (κ2) is 5.41. The number of aliphatic hydroxyl groups is 1. The molecule has 1 heteroatoms. The number of hydrogen-bond donors (Lipinski definition) is 1. The van der Waals surface area contributed by atoms with E-state index in [0.29, 0.717) is 12.0 Å². The highest BCUT2D eigenvalue weighted by atomic mass is 16.3. The van der Waals surface area contributed by atoms with Crippen molar-refractivity contribution in [3.8, 4) is 0 Å². The molecule has 120 valence electrons. The van der Waals surface area contributed by atoms with Gasteiger partial charge in [-0.25, -0.2) is 0 Å². The highest BCUT2D eigenvalue weighted by Gasteiger charge is 2.54. The largest absolute Gasteiger partial charge is 0.396 e. The molecule has 0 spiro atoms. The molecular weight excluding hydrogens is 256 g/mol. The summed E-state index contributed by atoms with van der Waals surface area (Å²) in [7, 11) is 0. The topological polar surface area (TPSA) is 20.2 Å². The van der Waals surface area contributed by atoms with Crippen LogP contribution in [0, 0.1) is 34.5 Å². The van der Waals surface area contributed by atoms with E-state index in [9.17, 15) is 5.11 Å². The summed E-state index contributed by atoms with van der Waals surface area (Å²) in [5.74, 6) is 3.13. The minimum atomic E-state index is 0.174. The van der Waals surface area contributed by atoms with Gasteiger partial charge in [0.25, 0.3) is 0 Å². The van der Waals surface area contributed by atoms with Crippen LogP contribution in [0.5, 0.6) is 0 Å². The summed E-state index contributed by atoms with van der Waals surface area (Å²) in [6.07, 6.45) is 11.9. The SMILES string of the molecule is CC(C)C1C=C2CCC3C(C)(CO)CCCC3(C)C2CC1. The molecule has 0 aliphatic heterocycles. The number of aliphatic hydroxyl groups excluding tert-OH is 1. The van der Waals surface area contributed by atoms with Gasteiger partial charge in [0.15, 0.2) is 0 Å². The lowest BCUT2D eigenvalue weighted by molar-refractivity contribution is -0.0888. The molecule has 0 aromatic carbocycles. The Labute approximate surface area is 131 Å². The van der Waals surface area contributed by atoms with Gasteiger partial charge in [-0.1, -0.05) is 45.8 Å². The number of hydrogen-bond acceptors (Lipinski definition) is 1. The molecule has 5 atom stereocenters. The molecule has 3 aliphatic carbocycles. The molecule has 5 unspecified atom stereocenters. The van der Waals surface area contributed by atoms with Gasteiger partial charge in [0.2, 0.25) is 0 Å². The summed E-state index contributed by atoms with van der Waals surface area (Å²) < 4.78 is 0. The van der Waals surface area contributed by atoms with Gasteiger partial charge >= 0.3 is 0 Å². The predicted octanol–water partition coefficient (Wildman–Crippen LogP) is 5.19. The van der Waals surface area contributed by atoms with E-state index < -0.39 is 0 Å². The van der Waals surface area contributed by atoms with E-state index >= 15 is 0 Å². The Bertz CT molecular complexity index is 424.